The Hall–Kier alpha value is -1.03. The van der Waals surface area contributed by atoms with Crippen molar-refractivity contribution in [1.82, 2.24) is 29.2 Å². The van der Waals surface area contributed by atoms with Crippen molar-refractivity contribution in [3.05, 3.63) is 33.1 Å². The maximum Gasteiger partial charge on any atom is 0.475 e. The van der Waals surface area contributed by atoms with Gasteiger partial charge in [-0.2, -0.15) is 0 Å². The highest BCUT2D eigenvalue weighted by Crippen LogP contribution is 2.65. The van der Waals surface area contributed by atoms with E-state index in [-0.39, 0.29) is 13.2 Å². The number of hydrogen-bond acceptors (Lipinski definition) is 11. The summed E-state index contributed by atoms with van der Waals surface area (Å²) in [6.45, 7) is 40.0. The molecule has 0 spiro atoms. The fourth-order valence-electron chi connectivity index (χ4n) is 4.38. The zero-order valence-electron chi connectivity index (χ0n) is 34.9. The van der Waals surface area contributed by atoms with E-state index in [9.17, 15) is 23.3 Å². The molecule has 0 saturated heterocycles. The van der Waals surface area contributed by atoms with Gasteiger partial charge in [0.05, 0.1) is 19.8 Å². The fourth-order valence-corrected chi connectivity index (χ4v) is 10.2. The highest BCUT2D eigenvalue weighted by molar-refractivity contribution is 7.76. The molecule has 1 rings (SSSR count). The van der Waals surface area contributed by atoms with Gasteiger partial charge in [0.15, 0.2) is 0 Å². The Morgan fingerprint density at radius 2 is 0.943 bits per heavy atom. The lowest BCUT2D eigenvalue weighted by molar-refractivity contribution is 0.137. The first-order chi connectivity index (χ1) is 24.7. The number of aromatic nitrogens is 2. The molecule has 1 unspecified atom stereocenters. The van der Waals surface area contributed by atoms with Gasteiger partial charge in [-0.25, -0.2) is 13.7 Å². The Bertz CT molecular complexity index is 1130. The molecule has 320 valence electrons. The Labute approximate surface area is 320 Å². The minimum Gasteiger partial charge on any atom is -0.379 e. The van der Waals surface area contributed by atoms with Crippen LogP contribution in [0.1, 0.15) is 83.1 Å². The van der Waals surface area contributed by atoms with Crippen LogP contribution in [0, 0.1) is 0 Å². The number of phosphoric acid groups is 1. The minimum absolute atomic E-state index is 0.0117. The summed E-state index contributed by atoms with van der Waals surface area (Å²) in [5, 5.41) is 0. The molecule has 53 heavy (non-hydrogen) atoms. The molecule has 1 aromatic rings. The van der Waals surface area contributed by atoms with Crippen molar-refractivity contribution in [3.63, 3.8) is 0 Å². The molecule has 1 aromatic heterocycles. The van der Waals surface area contributed by atoms with Crippen LogP contribution in [0.5, 0.6) is 0 Å². The van der Waals surface area contributed by atoms with Crippen molar-refractivity contribution in [2.45, 2.75) is 89.6 Å². The molecule has 5 N–H and O–H groups in total. The van der Waals surface area contributed by atoms with Crippen LogP contribution < -0.4 is 11.2 Å². The summed E-state index contributed by atoms with van der Waals surface area (Å²) in [5.41, 5.74) is -1.25. The number of hydrogen-bond donors (Lipinski definition) is 5. The number of nitrogens with zero attached hydrogens (tertiary/aromatic N) is 5. The van der Waals surface area contributed by atoms with Gasteiger partial charge in [-0.1, -0.05) is 83.1 Å². The van der Waals surface area contributed by atoms with E-state index in [1.165, 1.54) is 84.7 Å². The van der Waals surface area contributed by atoms with Crippen molar-refractivity contribution < 1.29 is 42.3 Å². The van der Waals surface area contributed by atoms with Gasteiger partial charge in [0.25, 0.3) is 5.56 Å². The van der Waals surface area contributed by atoms with Crippen LogP contribution in [0.25, 0.3) is 0 Å². The van der Waals surface area contributed by atoms with Crippen molar-refractivity contribution in [2.24, 2.45) is 0 Å². The maximum atomic E-state index is 12.2. The summed E-state index contributed by atoms with van der Waals surface area (Å²) in [5.74, 6) is -1.34. The van der Waals surface area contributed by atoms with E-state index in [1.807, 2.05) is 4.98 Å². The summed E-state index contributed by atoms with van der Waals surface area (Å²) < 4.78 is 44.2. The lowest BCUT2D eigenvalue weighted by Crippen LogP contribution is -2.29. The molecule has 0 fully saturated rings. The molecule has 17 nitrogen and oxygen atoms in total. The smallest absolute Gasteiger partial charge is 0.379 e. The molecule has 0 aliphatic rings. The summed E-state index contributed by atoms with van der Waals surface area (Å²) >= 11 is 0. The monoisotopic (exact) mass is 826 g/mol. The topological polar surface area (TPSA) is 218 Å². The molecule has 20 heteroatoms. The zero-order valence-corrected chi connectivity index (χ0v) is 37.6. The van der Waals surface area contributed by atoms with E-state index in [0.29, 0.717) is 0 Å². The molecule has 1 atom stereocenters. The number of H-pyrrole nitrogens is 1. The first-order valence-corrected chi connectivity index (χ1v) is 24.2. The van der Waals surface area contributed by atoms with Gasteiger partial charge < -0.3 is 43.9 Å². The van der Waals surface area contributed by atoms with Gasteiger partial charge in [-0.05, 0) is 78.5 Å². The van der Waals surface area contributed by atoms with Gasteiger partial charge >= 0.3 is 21.1 Å². The average Bonchev–Trinajstić information content (AvgIpc) is 3.08. The van der Waals surface area contributed by atoms with Gasteiger partial charge in [0.1, 0.15) is 5.90 Å². The molecule has 0 aliphatic heterocycles. The van der Waals surface area contributed by atoms with Crippen molar-refractivity contribution in [1.29, 1.82) is 0 Å². The molecule has 0 radical (unpaired) electrons. The predicted molar refractivity (Wildman–Crippen MR) is 219 cm³/mol. The number of nitrogens with one attached hydrogen (secondary N) is 1. The quantitative estimate of drug-likeness (QED) is 0.0805. The summed E-state index contributed by atoms with van der Waals surface area (Å²) in [6.07, 6.45) is 0.573. The predicted octanol–water partition coefficient (Wildman–Crippen LogP) is 4.47. The van der Waals surface area contributed by atoms with E-state index < -0.39 is 52.7 Å². The third-order valence-corrected chi connectivity index (χ3v) is 14.1. The van der Waals surface area contributed by atoms with E-state index in [0.717, 1.165) is 10.6 Å². The number of rotatable bonds is 22. The summed E-state index contributed by atoms with van der Waals surface area (Å²) in [7, 11) is -14.4. The Kier molecular flexibility index (Phi) is 39.2. The Balaban J connectivity index is -0.000000347. The lowest BCUT2D eigenvalue weighted by atomic mass is 10.5. The maximum absolute atomic E-state index is 12.2. The molecule has 0 amide bonds. The molecule has 0 aliphatic carbocycles. The molecule has 0 aromatic carbocycles. The molecular formula is C33H77N6O11P3. The second-order valence-electron chi connectivity index (χ2n) is 11.3. The zero-order chi connectivity index (χ0) is 42.1. The second kappa shape index (κ2) is 35.4. The molecule has 0 saturated carbocycles. The van der Waals surface area contributed by atoms with Crippen LogP contribution in [-0.2, 0) is 29.3 Å². The summed E-state index contributed by atoms with van der Waals surface area (Å²) in [4.78, 5) is 68.9. The largest absolute Gasteiger partial charge is 0.475 e. The van der Waals surface area contributed by atoms with Crippen LogP contribution >= 0.6 is 22.8 Å². The van der Waals surface area contributed by atoms with Crippen molar-refractivity contribution in [2.75, 3.05) is 104 Å². The Morgan fingerprint density at radius 1 is 0.604 bits per heavy atom. The second-order valence-corrected chi connectivity index (χ2v) is 17.5. The van der Waals surface area contributed by atoms with Crippen LogP contribution in [0.2, 0.25) is 0 Å². The van der Waals surface area contributed by atoms with Crippen molar-refractivity contribution in [3.8, 4) is 0 Å². The van der Waals surface area contributed by atoms with Gasteiger partial charge in [0, 0.05) is 18.4 Å². The standard InChI is InChI=1S/C9H17N2O11P3.4C6H15N/c12-8-1-2-11(9(13)10-8)3-4-21-5-6-23(14,7-24(15,16)17)22-25(18,19)20;4*1-4-7(5-2)6-3/h1-2H,3-7H2,(H,10,12,13)(H2,15,16,17)(H2,18,19,20);4*4-6H2,1-3H3. The number of aromatic amines is 1. The number of ether oxygens (including phenoxy) is 1. The lowest BCUT2D eigenvalue weighted by Gasteiger charge is -2.19. The van der Waals surface area contributed by atoms with Crippen LogP contribution in [-0.4, -0.2) is 153 Å². The Morgan fingerprint density at radius 3 is 1.19 bits per heavy atom. The van der Waals surface area contributed by atoms with Gasteiger partial charge in [-0.15, -0.1) is 0 Å². The molecule has 0 bridgehead atoms. The van der Waals surface area contributed by atoms with E-state index in [2.05, 4.69) is 107 Å². The SMILES string of the molecule is CCN(CC)CC.CCN(CC)CC.CCN(CC)CC.CCN(CC)CC.O=c1ccn(CCOCCP(=O)(CP(=O)(O)O)OP(=O)(O)O)c(=O)[nH]1. The van der Waals surface area contributed by atoms with E-state index in [1.54, 1.807) is 0 Å². The van der Waals surface area contributed by atoms with Crippen molar-refractivity contribution >= 4 is 22.8 Å². The van der Waals surface area contributed by atoms with Gasteiger partial charge in [-0.3, -0.25) is 23.5 Å². The summed E-state index contributed by atoms with van der Waals surface area (Å²) in [6, 6.07) is 1.11. The average molecular weight is 827 g/mol. The van der Waals surface area contributed by atoms with Crippen LogP contribution in [0.15, 0.2) is 21.9 Å². The first-order valence-electron chi connectivity index (χ1n) is 18.8. The van der Waals surface area contributed by atoms with Crippen LogP contribution in [0.3, 0.4) is 0 Å². The van der Waals surface area contributed by atoms with Crippen LogP contribution in [0.4, 0.5) is 0 Å². The normalized spacial score (nSPS) is 12.5. The van der Waals surface area contributed by atoms with Gasteiger partial charge in [0.2, 0.25) is 7.37 Å². The van der Waals surface area contributed by atoms with E-state index in [4.69, 9.17) is 24.3 Å². The fraction of sp³-hybridized carbons (Fsp3) is 0.879. The molecule has 1 heterocycles. The third-order valence-electron chi connectivity index (χ3n) is 7.97. The highest BCUT2D eigenvalue weighted by Gasteiger charge is 2.38. The van der Waals surface area contributed by atoms with E-state index >= 15 is 0 Å². The minimum atomic E-state index is -5.23. The highest BCUT2D eigenvalue weighted by atomic mass is 31.3. The first kappa shape index (κ1) is 58.7. The third kappa shape index (κ3) is 37.7. The molecular weight excluding hydrogens is 749 g/mol.